The molecule has 0 radical (unpaired) electrons. The van der Waals surface area contributed by atoms with Gasteiger partial charge in [0.2, 0.25) is 5.65 Å². The minimum Gasteiger partial charge on any atom is -0.400 e. The Morgan fingerprint density at radius 2 is 2.24 bits per heavy atom. The van der Waals surface area contributed by atoms with E-state index in [0.29, 0.717) is 16.1 Å². The molecule has 0 unspecified atom stereocenters. The van der Waals surface area contributed by atoms with E-state index in [2.05, 4.69) is 36.0 Å². The summed E-state index contributed by atoms with van der Waals surface area (Å²) in [5.74, 6) is 0.357. The van der Waals surface area contributed by atoms with Crippen molar-refractivity contribution < 1.29 is 4.74 Å². The molecule has 0 fully saturated rings. The summed E-state index contributed by atoms with van der Waals surface area (Å²) in [5, 5.41) is 4.02. The van der Waals surface area contributed by atoms with Gasteiger partial charge in [-0.25, -0.2) is 9.97 Å². The Morgan fingerprint density at radius 1 is 1.35 bits per heavy atom. The second-order valence-corrected chi connectivity index (χ2v) is 4.14. The fourth-order valence-electron chi connectivity index (χ4n) is 1.39. The summed E-state index contributed by atoms with van der Waals surface area (Å²) in [6.07, 6.45) is 6.82. The van der Waals surface area contributed by atoms with Gasteiger partial charge in [0.05, 0.1) is 0 Å². The molecule has 0 aliphatic carbocycles. The molecular weight excluding hydrogens is 288 g/mol. The Labute approximate surface area is 104 Å². The van der Waals surface area contributed by atoms with Crippen molar-refractivity contribution >= 4 is 21.6 Å². The van der Waals surface area contributed by atoms with Crippen LogP contribution in [-0.2, 0) is 7.05 Å². The molecule has 0 N–H and O–H groups in total. The molecule has 17 heavy (non-hydrogen) atoms. The molecule has 3 aromatic rings. The van der Waals surface area contributed by atoms with Crippen molar-refractivity contribution in [1.29, 1.82) is 0 Å². The van der Waals surface area contributed by atoms with Gasteiger partial charge in [-0.05, 0) is 15.9 Å². The van der Waals surface area contributed by atoms with Gasteiger partial charge < -0.3 is 4.74 Å². The Balaban J connectivity index is 2.07. The van der Waals surface area contributed by atoms with Crippen molar-refractivity contribution in [3.05, 3.63) is 29.5 Å². The molecule has 3 heterocycles. The van der Waals surface area contributed by atoms with Crippen molar-refractivity contribution in [1.82, 2.24) is 29.1 Å². The average molecular weight is 295 g/mol. The number of nitrogens with zero attached hydrogens (tertiary/aromatic N) is 6. The van der Waals surface area contributed by atoms with E-state index in [4.69, 9.17) is 4.74 Å². The number of ether oxygens (including phenoxy) is 1. The van der Waals surface area contributed by atoms with Crippen LogP contribution in [0, 0.1) is 0 Å². The third-order valence-electron chi connectivity index (χ3n) is 2.08. The topological polar surface area (TPSA) is 70.1 Å². The SMILES string of the molecule is Cn1cnc(Oc2nc(Br)cn3ccnc23)n1. The van der Waals surface area contributed by atoms with E-state index < -0.39 is 0 Å². The van der Waals surface area contributed by atoms with Crippen LogP contribution in [0.3, 0.4) is 0 Å². The highest BCUT2D eigenvalue weighted by atomic mass is 79.9. The minimum atomic E-state index is 0.239. The Bertz CT molecular complexity index is 675. The van der Waals surface area contributed by atoms with Gasteiger partial charge >= 0.3 is 6.01 Å². The number of hydrogen-bond donors (Lipinski definition) is 0. The monoisotopic (exact) mass is 294 g/mol. The van der Waals surface area contributed by atoms with E-state index in [-0.39, 0.29) is 6.01 Å². The molecule has 0 saturated carbocycles. The number of aromatic nitrogens is 6. The molecule has 3 aromatic heterocycles. The molecule has 3 rings (SSSR count). The smallest absolute Gasteiger partial charge is 0.342 e. The first-order chi connectivity index (χ1) is 8.22. The lowest BCUT2D eigenvalue weighted by Gasteiger charge is -2.02. The quantitative estimate of drug-likeness (QED) is 0.715. The van der Waals surface area contributed by atoms with Crippen LogP contribution >= 0.6 is 15.9 Å². The lowest BCUT2D eigenvalue weighted by Crippen LogP contribution is -1.96. The molecule has 0 saturated heterocycles. The summed E-state index contributed by atoms with van der Waals surface area (Å²) in [6.45, 7) is 0. The van der Waals surface area contributed by atoms with Crippen LogP contribution in [0.5, 0.6) is 11.9 Å². The van der Waals surface area contributed by atoms with Crippen molar-refractivity contribution in [3.8, 4) is 11.9 Å². The molecular formula is C9H7BrN6O. The van der Waals surface area contributed by atoms with Gasteiger partial charge in [0.25, 0.3) is 5.88 Å². The maximum absolute atomic E-state index is 5.48. The zero-order valence-corrected chi connectivity index (χ0v) is 10.4. The van der Waals surface area contributed by atoms with E-state index in [1.807, 2.05) is 0 Å². The number of halogens is 1. The third-order valence-corrected chi connectivity index (χ3v) is 2.46. The lowest BCUT2D eigenvalue weighted by molar-refractivity contribution is 0.423. The number of rotatable bonds is 2. The summed E-state index contributed by atoms with van der Waals surface area (Å²) < 4.78 is 9.48. The molecule has 0 atom stereocenters. The summed E-state index contributed by atoms with van der Waals surface area (Å²) in [6, 6.07) is 0.239. The molecule has 7 nitrogen and oxygen atoms in total. The van der Waals surface area contributed by atoms with Gasteiger partial charge in [-0.1, -0.05) is 0 Å². The number of imidazole rings is 1. The zero-order valence-electron chi connectivity index (χ0n) is 8.78. The first-order valence-electron chi connectivity index (χ1n) is 4.75. The molecule has 0 aromatic carbocycles. The van der Waals surface area contributed by atoms with E-state index in [1.54, 1.807) is 41.0 Å². The summed E-state index contributed by atoms with van der Waals surface area (Å²) >= 11 is 3.30. The summed E-state index contributed by atoms with van der Waals surface area (Å²) in [5.41, 5.74) is 0.612. The predicted octanol–water partition coefficient (Wildman–Crippen LogP) is 1.41. The molecule has 0 spiro atoms. The molecule has 0 amide bonds. The lowest BCUT2D eigenvalue weighted by atomic mass is 10.6. The minimum absolute atomic E-state index is 0.239. The van der Waals surface area contributed by atoms with Gasteiger partial charge in [-0.3, -0.25) is 9.08 Å². The largest absolute Gasteiger partial charge is 0.400 e. The molecule has 8 heteroatoms. The molecule has 0 aliphatic rings. The first kappa shape index (κ1) is 10.2. The standard InChI is InChI=1S/C9H7BrN6O/c1-15-5-12-9(14-15)17-8-7-11-2-3-16(7)4-6(10)13-8/h2-5H,1H3. The second kappa shape index (κ2) is 3.81. The van der Waals surface area contributed by atoms with E-state index in [1.165, 1.54) is 0 Å². The van der Waals surface area contributed by atoms with Crippen LogP contribution < -0.4 is 4.74 Å². The zero-order chi connectivity index (χ0) is 11.8. The fourth-order valence-corrected chi connectivity index (χ4v) is 1.78. The highest BCUT2D eigenvalue weighted by molar-refractivity contribution is 9.10. The van der Waals surface area contributed by atoms with Crippen LogP contribution in [-0.4, -0.2) is 29.1 Å². The summed E-state index contributed by atoms with van der Waals surface area (Å²) in [4.78, 5) is 12.3. The van der Waals surface area contributed by atoms with E-state index in [9.17, 15) is 0 Å². The van der Waals surface area contributed by atoms with Gasteiger partial charge in [-0.15, -0.1) is 5.10 Å². The maximum Gasteiger partial charge on any atom is 0.342 e. The van der Waals surface area contributed by atoms with Crippen LogP contribution in [0.2, 0.25) is 0 Å². The highest BCUT2D eigenvalue weighted by Gasteiger charge is 2.10. The fraction of sp³-hybridized carbons (Fsp3) is 0.111. The van der Waals surface area contributed by atoms with Gasteiger partial charge in [0.1, 0.15) is 10.9 Å². The predicted molar refractivity (Wildman–Crippen MR) is 61.8 cm³/mol. The van der Waals surface area contributed by atoms with Gasteiger partial charge in [-0.2, -0.15) is 4.98 Å². The van der Waals surface area contributed by atoms with Crippen molar-refractivity contribution in [2.75, 3.05) is 0 Å². The first-order valence-corrected chi connectivity index (χ1v) is 5.54. The van der Waals surface area contributed by atoms with Crippen LogP contribution in [0.4, 0.5) is 0 Å². The third kappa shape index (κ3) is 1.86. The van der Waals surface area contributed by atoms with E-state index in [0.717, 1.165) is 0 Å². The van der Waals surface area contributed by atoms with Crippen molar-refractivity contribution in [2.45, 2.75) is 0 Å². The van der Waals surface area contributed by atoms with Crippen LogP contribution in [0.25, 0.3) is 5.65 Å². The Kier molecular flexibility index (Phi) is 2.29. The van der Waals surface area contributed by atoms with Gasteiger partial charge in [0.15, 0.2) is 0 Å². The number of aryl methyl sites for hydroxylation is 1. The second-order valence-electron chi connectivity index (χ2n) is 3.33. The van der Waals surface area contributed by atoms with Crippen LogP contribution in [0.1, 0.15) is 0 Å². The van der Waals surface area contributed by atoms with Crippen LogP contribution in [0.15, 0.2) is 29.5 Å². The summed E-state index contributed by atoms with van der Waals surface area (Å²) in [7, 11) is 1.76. The van der Waals surface area contributed by atoms with Gasteiger partial charge in [0, 0.05) is 25.6 Å². The molecule has 0 aliphatic heterocycles. The maximum atomic E-state index is 5.48. The van der Waals surface area contributed by atoms with Crippen molar-refractivity contribution in [3.63, 3.8) is 0 Å². The molecule has 0 bridgehead atoms. The molecule has 86 valence electrons. The highest BCUT2D eigenvalue weighted by Crippen LogP contribution is 2.22. The Hall–Kier alpha value is -1.96. The average Bonchev–Trinajstić information content (AvgIpc) is 2.87. The number of fused-ring (bicyclic) bond motifs is 1. The van der Waals surface area contributed by atoms with Crippen molar-refractivity contribution in [2.24, 2.45) is 7.05 Å². The van der Waals surface area contributed by atoms with E-state index >= 15 is 0 Å². The Morgan fingerprint density at radius 3 is 3.00 bits per heavy atom. The normalized spacial score (nSPS) is 10.9. The number of hydrogen-bond acceptors (Lipinski definition) is 5.